The highest BCUT2D eigenvalue weighted by Gasteiger charge is 2.25. The van der Waals surface area contributed by atoms with E-state index in [1.165, 1.54) is 0 Å². The van der Waals surface area contributed by atoms with Crippen LogP contribution in [0.1, 0.15) is 13.3 Å². The van der Waals surface area contributed by atoms with Crippen LogP contribution < -0.4 is 0 Å². The number of likely N-dealkylation sites (N-methyl/N-ethyl adjacent to an activating group) is 1. The van der Waals surface area contributed by atoms with Crippen LogP contribution in [0.3, 0.4) is 0 Å². The van der Waals surface area contributed by atoms with Gasteiger partial charge in [0.1, 0.15) is 0 Å². The minimum absolute atomic E-state index is 0.143. The molecule has 0 aromatic rings. The molecule has 1 heterocycles. The summed E-state index contributed by atoms with van der Waals surface area (Å²) in [5, 5.41) is 18.7. The van der Waals surface area contributed by atoms with E-state index in [-0.39, 0.29) is 24.7 Å². The molecule has 0 radical (unpaired) electrons. The summed E-state index contributed by atoms with van der Waals surface area (Å²) < 4.78 is 5.32. The normalized spacial score (nSPS) is 30.6. The summed E-state index contributed by atoms with van der Waals surface area (Å²) >= 11 is 0. The van der Waals surface area contributed by atoms with Gasteiger partial charge in [-0.3, -0.25) is 0 Å². The average Bonchev–Trinajstić information content (AvgIpc) is 2.20. The predicted molar refractivity (Wildman–Crippen MR) is 54.1 cm³/mol. The fraction of sp³-hybridized carbons (Fsp3) is 1.00. The zero-order chi connectivity index (χ0) is 10.6. The first-order chi connectivity index (χ1) is 6.65. The molecule has 0 aromatic heterocycles. The molecule has 0 amide bonds. The SMILES string of the molecule is CC(CO)N(C)CC1COCCC1O. The van der Waals surface area contributed by atoms with Crippen molar-refractivity contribution in [1.29, 1.82) is 0 Å². The van der Waals surface area contributed by atoms with E-state index in [1.54, 1.807) is 0 Å². The lowest BCUT2D eigenvalue weighted by molar-refractivity contribution is -0.0488. The third-order valence-corrected chi connectivity index (χ3v) is 2.97. The average molecular weight is 203 g/mol. The first kappa shape index (κ1) is 11.9. The number of nitrogens with zero attached hydrogens (tertiary/aromatic N) is 1. The van der Waals surface area contributed by atoms with Crippen molar-refractivity contribution in [3.8, 4) is 0 Å². The molecule has 1 rings (SSSR count). The maximum absolute atomic E-state index is 9.70. The third kappa shape index (κ3) is 3.20. The number of aliphatic hydroxyl groups excluding tert-OH is 2. The summed E-state index contributed by atoms with van der Waals surface area (Å²) in [4.78, 5) is 2.06. The molecule has 1 saturated heterocycles. The lowest BCUT2D eigenvalue weighted by Crippen LogP contribution is -2.43. The summed E-state index contributed by atoms with van der Waals surface area (Å²) in [6.45, 7) is 4.19. The Bertz CT molecular complexity index is 165. The lowest BCUT2D eigenvalue weighted by Gasteiger charge is -2.33. The van der Waals surface area contributed by atoms with E-state index in [2.05, 4.69) is 4.90 Å². The molecule has 1 aliphatic heterocycles. The number of hydrogen-bond acceptors (Lipinski definition) is 4. The van der Waals surface area contributed by atoms with Crippen LogP contribution in [0.5, 0.6) is 0 Å². The van der Waals surface area contributed by atoms with Crippen LogP contribution in [0.2, 0.25) is 0 Å². The molecular weight excluding hydrogens is 182 g/mol. The van der Waals surface area contributed by atoms with Gasteiger partial charge in [0.15, 0.2) is 0 Å². The monoisotopic (exact) mass is 203 g/mol. The highest BCUT2D eigenvalue weighted by Crippen LogP contribution is 2.16. The Hall–Kier alpha value is -0.160. The molecule has 14 heavy (non-hydrogen) atoms. The number of hydrogen-bond donors (Lipinski definition) is 2. The fourth-order valence-corrected chi connectivity index (χ4v) is 1.65. The largest absolute Gasteiger partial charge is 0.395 e. The Balaban J connectivity index is 2.34. The minimum atomic E-state index is -0.253. The molecule has 84 valence electrons. The van der Waals surface area contributed by atoms with E-state index in [1.807, 2.05) is 14.0 Å². The van der Waals surface area contributed by atoms with Crippen LogP contribution in [0.4, 0.5) is 0 Å². The van der Waals surface area contributed by atoms with Crippen LogP contribution in [-0.2, 0) is 4.74 Å². The number of rotatable bonds is 4. The van der Waals surface area contributed by atoms with Crippen LogP contribution in [0.25, 0.3) is 0 Å². The van der Waals surface area contributed by atoms with E-state index in [0.717, 1.165) is 13.0 Å². The summed E-state index contributed by atoms with van der Waals surface area (Å²) in [7, 11) is 1.96. The van der Waals surface area contributed by atoms with Crippen molar-refractivity contribution in [3.63, 3.8) is 0 Å². The zero-order valence-corrected chi connectivity index (χ0v) is 9.02. The van der Waals surface area contributed by atoms with Gasteiger partial charge >= 0.3 is 0 Å². The molecule has 1 fully saturated rings. The summed E-state index contributed by atoms with van der Waals surface area (Å²) in [5.41, 5.74) is 0. The number of ether oxygens (including phenoxy) is 1. The van der Waals surface area contributed by atoms with Crippen molar-refractivity contribution in [2.45, 2.75) is 25.5 Å². The van der Waals surface area contributed by atoms with E-state index in [9.17, 15) is 5.11 Å². The maximum Gasteiger partial charge on any atom is 0.0624 e. The Labute approximate surface area is 85.5 Å². The van der Waals surface area contributed by atoms with Gasteiger partial charge < -0.3 is 19.8 Å². The topological polar surface area (TPSA) is 52.9 Å². The van der Waals surface area contributed by atoms with Crippen LogP contribution >= 0.6 is 0 Å². The highest BCUT2D eigenvalue weighted by atomic mass is 16.5. The summed E-state index contributed by atoms with van der Waals surface area (Å²) in [6, 6.07) is 0.143. The molecule has 4 nitrogen and oxygen atoms in total. The second-order valence-electron chi connectivity index (χ2n) is 4.16. The van der Waals surface area contributed by atoms with Crippen LogP contribution in [0, 0.1) is 5.92 Å². The minimum Gasteiger partial charge on any atom is -0.395 e. The van der Waals surface area contributed by atoms with Gasteiger partial charge in [-0.05, 0) is 20.4 Å². The Morgan fingerprint density at radius 2 is 2.29 bits per heavy atom. The Kier molecular flexibility index (Phi) is 4.81. The first-order valence-corrected chi connectivity index (χ1v) is 5.22. The quantitative estimate of drug-likeness (QED) is 0.658. The highest BCUT2D eigenvalue weighted by molar-refractivity contribution is 4.76. The second-order valence-corrected chi connectivity index (χ2v) is 4.16. The van der Waals surface area contributed by atoms with Gasteiger partial charge in [-0.1, -0.05) is 0 Å². The van der Waals surface area contributed by atoms with Gasteiger partial charge in [-0.15, -0.1) is 0 Å². The predicted octanol–water partition coefficient (Wildman–Crippen LogP) is -0.304. The van der Waals surface area contributed by atoms with Gasteiger partial charge in [0.05, 0.1) is 19.3 Å². The van der Waals surface area contributed by atoms with E-state index < -0.39 is 0 Å². The van der Waals surface area contributed by atoms with Crippen LogP contribution in [0.15, 0.2) is 0 Å². The van der Waals surface area contributed by atoms with Crippen molar-refractivity contribution in [3.05, 3.63) is 0 Å². The lowest BCUT2D eigenvalue weighted by atomic mass is 9.98. The Morgan fingerprint density at radius 1 is 1.57 bits per heavy atom. The summed E-state index contributed by atoms with van der Waals surface area (Å²) in [5.74, 6) is 0.183. The van der Waals surface area contributed by atoms with Gasteiger partial charge in [-0.2, -0.15) is 0 Å². The second kappa shape index (κ2) is 5.66. The summed E-state index contributed by atoms with van der Waals surface area (Å²) in [6.07, 6.45) is 0.475. The smallest absolute Gasteiger partial charge is 0.0624 e. The molecule has 3 atom stereocenters. The molecule has 1 aliphatic rings. The fourth-order valence-electron chi connectivity index (χ4n) is 1.65. The van der Waals surface area contributed by atoms with Gasteiger partial charge in [0.2, 0.25) is 0 Å². The molecule has 3 unspecified atom stereocenters. The van der Waals surface area contributed by atoms with Crippen molar-refractivity contribution < 1.29 is 14.9 Å². The molecule has 0 aromatic carbocycles. The van der Waals surface area contributed by atoms with E-state index in [4.69, 9.17) is 9.84 Å². The van der Waals surface area contributed by atoms with Crippen molar-refractivity contribution in [2.24, 2.45) is 5.92 Å². The van der Waals surface area contributed by atoms with Crippen molar-refractivity contribution in [1.82, 2.24) is 4.90 Å². The molecular formula is C10H21NO3. The molecule has 2 N–H and O–H groups in total. The molecule has 0 bridgehead atoms. The standard InChI is InChI=1S/C10H21NO3/c1-8(6-12)11(2)5-9-7-14-4-3-10(9)13/h8-10,12-13H,3-7H2,1-2H3. The third-order valence-electron chi connectivity index (χ3n) is 2.97. The van der Waals surface area contributed by atoms with Gasteiger partial charge in [0, 0.05) is 25.1 Å². The van der Waals surface area contributed by atoms with Crippen LogP contribution in [-0.4, -0.2) is 60.7 Å². The van der Waals surface area contributed by atoms with Gasteiger partial charge in [0.25, 0.3) is 0 Å². The Morgan fingerprint density at radius 3 is 2.86 bits per heavy atom. The first-order valence-electron chi connectivity index (χ1n) is 5.22. The van der Waals surface area contributed by atoms with Gasteiger partial charge in [-0.25, -0.2) is 0 Å². The molecule has 0 spiro atoms. The molecule has 4 heteroatoms. The maximum atomic E-state index is 9.70. The van der Waals surface area contributed by atoms with E-state index >= 15 is 0 Å². The van der Waals surface area contributed by atoms with Crippen molar-refractivity contribution >= 4 is 0 Å². The van der Waals surface area contributed by atoms with E-state index in [0.29, 0.717) is 13.2 Å². The molecule has 0 aliphatic carbocycles. The number of aliphatic hydroxyl groups is 2. The van der Waals surface area contributed by atoms with Crippen molar-refractivity contribution in [2.75, 3.05) is 33.4 Å². The molecule has 0 saturated carbocycles. The zero-order valence-electron chi connectivity index (χ0n) is 9.02.